The highest BCUT2D eigenvalue weighted by Gasteiger charge is 2.21. The summed E-state index contributed by atoms with van der Waals surface area (Å²) in [6.07, 6.45) is 7.87. The lowest BCUT2D eigenvalue weighted by Gasteiger charge is -2.14. The average Bonchev–Trinajstić information content (AvgIpc) is 2.58. The standard InChI is InChI=1S/C12H21N3/c1-3-9(2)15-12-7-5-4-6-11(13)10(12)8-14-15/h8-9,11H,3-7,13H2,1-2H3. The molecule has 0 bridgehead atoms. The van der Waals surface area contributed by atoms with Crippen molar-refractivity contribution in [3.8, 4) is 0 Å². The minimum absolute atomic E-state index is 0.209. The number of rotatable bonds is 2. The van der Waals surface area contributed by atoms with Gasteiger partial charge in [0.1, 0.15) is 0 Å². The molecule has 0 aliphatic heterocycles. The van der Waals surface area contributed by atoms with Gasteiger partial charge in [-0.3, -0.25) is 4.68 Å². The zero-order chi connectivity index (χ0) is 10.8. The summed E-state index contributed by atoms with van der Waals surface area (Å²) < 4.78 is 2.18. The molecule has 2 rings (SSSR count). The highest BCUT2D eigenvalue weighted by atomic mass is 15.3. The summed E-state index contributed by atoms with van der Waals surface area (Å²) in [6.45, 7) is 4.43. The first kappa shape index (κ1) is 10.7. The highest BCUT2D eigenvalue weighted by molar-refractivity contribution is 5.23. The molecule has 0 saturated carbocycles. The van der Waals surface area contributed by atoms with E-state index in [4.69, 9.17) is 5.73 Å². The van der Waals surface area contributed by atoms with E-state index in [1.807, 2.05) is 6.20 Å². The summed E-state index contributed by atoms with van der Waals surface area (Å²) in [5.41, 5.74) is 8.82. The van der Waals surface area contributed by atoms with Crippen LogP contribution in [0.1, 0.15) is 62.9 Å². The SMILES string of the molecule is CCC(C)n1ncc2c1CCCCC2N. The van der Waals surface area contributed by atoms with Crippen LogP contribution in [-0.2, 0) is 6.42 Å². The van der Waals surface area contributed by atoms with E-state index < -0.39 is 0 Å². The molecule has 1 heterocycles. The first-order valence-corrected chi connectivity index (χ1v) is 6.06. The van der Waals surface area contributed by atoms with E-state index in [-0.39, 0.29) is 6.04 Å². The van der Waals surface area contributed by atoms with Gasteiger partial charge in [0.15, 0.2) is 0 Å². The smallest absolute Gasteiger partial charge is 0.0540 e. The Kier molecular flexibility index (Phi) is 3.10. The van der Waals surface area contributed by atoms with E-state index in [1.165, 1.54) is 24.1 Å². The molecule has 1 aromatic rings. The van der Waals surface area contributed by atoms with Crippen LogP contribution in [0.25, 0.3) is 0 Å². The van der Waals surface area contributed by atoms with Gasteiger partial charge < -0.3 is 5.73 Å². The monoisotopic (exact) mass is 207 g/mol. The fourth-order valence-corrected chi connectivity index (χ4v) is 2.33. The van der Waals surface area contributed by atoms with E-state index in [0.717, 1.165) is 19.3 Å². The van der Waals surface area contributed by atoms with Gasteiger partial charge in [0.2, 0.25) is 0 Å². The molecule has 2 atom stereocenters. The fraction of sp³-hybridized carbons (Fsp3) is 0.750. The number of hydrogen-bond donors (Lipinski definition) is 1. The summed E-state index contributed by atoms with van der Waals surface area (Å²) >= 11 is 0. The maximum atomic E-state index is 6.15. The van der Waals surface area contributed by atoms with Crippen LogP contribution in [0.5, 0.6) is 0 Å². The molecule has 3 nitrogen and oxygen atoms in total. The predicted molar refractivity (Wildman–Crippen MR) is 61.7 cm³/mol. The Morgan fingerprint density at radius 1 is 1.60 bits per heavy atom. The number of nitrogens with two attached hydrogens (primary N) is 1. The van der Waals surface area contributed by atoms with Crippen molar-refractivity contribution in [2.75, 3.05) is 0 Å². The normalized spacial score (nSPS) is 23.3. The van der Waals surface area contributed by atoms with Crippen LogP contribution in [0, 0.1) is 0 Å². The van der Waals surface area contributed by atoms with Crippen molar-refractivity contribution in [3.63, 3.8) is 0 Å². The summed E-state index contributed by atoms with van der Waals surface area (Å²) in [4.78, 5) is 0. The topological polar surface area (TPSA) is 43.8 Å². The van der Waals surface area contributed by atoms with Crippen LogP contribution in [0.15, 0.2) is 6.20 Å². The minimum Gasteiger partial charge on any atom is -0.324 e. The largest absolute Gasteiger partial charge is 0.324 e. The third kappa shape index (κ3) is 1.93. The molecule has 2 unspecified atom stereocenters. The molecule has 1 aliphatic rings. The van der Waals surface area contributed by atoms with Crippen LogP contribution in [0.4, 0.5) is 0 Å². The number of hydrogen-bond acceptors (Lipinski definition) is 2. The van der Waals surface area contributed by atoms with Gasteiger partial charge in [0, 0.05) is 23.3 Å². The van der Waals surface area contributed by atoms with E-state index in [2.05, 4.69) is 23.6 Å². The Labute approximate surface area is 91.7 Å². The first-order chi connectivity index (χ1) is 7.24. The molecule has 2 N–H and O–H groups in total. The Morgan fingerprint density at radius 3 is 3.13 bits per heavy atom. The molecule has 0 amide bonds. The molecule has 15 heavy (non-hydrogen) atoms. The Balaban J connectivity index is 2.35. The lowest BCUT2D eigenvalue weighted by Crippen LogP contribution is -2.12. The lowest BCUT2D eigenvalue weighted by molar-refractivity contribution is 0.457. The quantitative estimate of drug-likeness (QED) is 0.757. The van der Waals surface area contributed by atoms with Gasteiger partial charge in [-0.2, -0.15) is 5.10 Å². The molecule has 0 spiro atoms. The lowest BCUT2D eigenvalue weighted by atomic mass is 10.1. The average molecular weight is 207 g/mol. The predicted octanol–water partition coefficient (Wildman–Crippen LogP) is 2.58. The summed E-state index contributed by atoms with van der Waals surface area (Å²) in [5.74, 6) is 0. The maximum Gasteiger partial charge on any atom is 0.0540 e. The third-order valence-electron chi connectivity index (χ3n) is 3.52. The van der Waals surface area contributed by atoms with E-state index in [0.29, 0.717) is 6.04 Å². The van der Waals surface area contributed by atoms with Gasteiger partial charge in [0.25, 0.3) is 0 Å². The van der Waals surface area contributed by atoms with Crippen molar-refractivity contribution in [3.05, 3.63) is 17.5 Å². The van der Waals surface area contributed by atoms with Crippen LogP contribution >= 0.6 is 0 Å². The molecule has 84 valence electrons. The Hall–Kier alpha value is -0.830. The van der Waals surface area contributed by atoms with E-state index in [9.17, 15) is 0 Å². The van der Waals surface area contributed by atoms with Gasteiger partial charge in [-0.05, 0) is 32.6 Å². The molecule has 3 heteroatoms. The summed E-state index contributed by atoms with van der Waals surface area (Å²) in [5, 5.41) is 4.50. The van der Waals surface area contributed by atoms with Crippen LogP contribution in [0.3, 0.4) is 0 Å². The molecule has 1 aromatic heterocycles. The maximum absolute atomic E-state index is 6.15. The van der Waals surface area contributed by atoms with Crippen molar-refractivity contribution < 1.29 is 0 Å². The molecule has 1 aliphatic carbocycles. The van der Waals surface area contributed by atoms with Gasteiger partial charge in [-0.25, -0.2) is 0 Å². The molecule has 0 saturated heterocycles. The highest BCUT2D eigenvalue weighted by Crippen LogP contribution is 2.28. The first-order valence-electron chi connectivity index (χ1n) is 6.06. The van der Waals surface area contributed by atoms with Gasteiger partial charge >= 0.3 is 0 Å². The van der Waals surface area contributed by atoms with Crippen molar-refractivity contribution in [2.45, 2.75) is 58.0 Å². The molecule has 0 radical (unpaired) electrons. The second-order valence-electron chi connectivity index (χ2n) is 4.60. The van der Waals surface area contributed by atoms with E-state index >= 15 is 0 Å². The van der Waals surface area contributed by atoms with Gasteiger partial charge in [-0.1, -0.05) is 13.3 Å². The summed E-state index contributed by atoms with van der Waals surface area (Å²) in [6, 6.07) is 0.708. The zero-order valence-corrected chi connectivity index (χ0v) is 9.74. The molecular formula is C12H21N3. The van der Waals surface area contributed by atoms with Crippen molar-refractivity contribution in [1.82, 2.24) is 9.78 Å². The van der Waals surface area contributed by atoms with Gasteiger partial charge in [-0.15, -0.1) is 0 Å². The van der Waals surface area contributed by atoms with Crippen molar-refractivity contribution in [1.29, 1.82) is 0 Å². The van der Waals surface area contributed by atoms with Crippen LogP contribution in [0.2, 0.25) is 0 Å². The number of nitrogens with zero attached hydrogens (tertiary/aromatic N) is 2. The molecular weight excluding hydrogens is 186 g/mol. The van der Waals surface area contributed by atoms with Crippen LogP contribution in [-0.4, -0.2) is 9.78 Å². The third-order valence-corrected chi connectivity index (χ3v) is 3.52. The fourth-order valence-electron chi connectivity index (χ4n) is 2.33. The summed E-state index contributed by atoms with van der Waals surface area (Å²) in [7, 11) is 0. The van der Waals surface area contributed by atoms with Crippen molar-refractivity contribution >= 4 is 0 Å². The molecule has 0 fully saturated rings. The zero-order valence-electron chi connectivity index (χ0n) is 9.74. The van der Waals surface area contributed by atoms with Crippen molar-refractivity contribution in [2.24, 2.45) is 5.73 Å². The molecule has 0 aromatic carbocycles. The Bertz CT molecular complexity index is 330. The van der Waals surface area contributed by atoms with E-state index in [1.54, 1.807) is 0 Å². The number of aromatic nitrogens is 2. The second-order valence-corrected chi connectivity index (χ2v) is 4.60. The number of fused-ring (bicyclic) bond motifs is 1. The second kappa shape index (κ2) is 4.35. The van der Waals surface area contributed by atoms with Gasteiger partial charge in [0.05, 0.1) is 6.20 Å². The minimum atomic E-state index is 0.209. The van der Waals surface area contributed by atoms with Crippen LogP contribution < -0.4 is 5.73 Å². The Morgan fingerprint density at radius 2 is 2.40 bits per heavy atom.